The van der Waals surface area contributed by atoms with Crippen LogP contribution in [0, 0.1) is 6.92 Å². The molecule has 2 aromatic heterocycles. The van der Waals surface area contributed by atoms with Crippen molar-refractivity contribution >= 4 is 34.5 Å². The van der Waals surface area contributed by atoms with Crippen LogP contribution in [0.25, 0.3) is 22.6 Å². The van der Waals surface area contributed by atoms with E-state index in [1.54, 1.807) is 24.4 Å². The first-order valence-electron chi connectivity index (χ1n) is 8.68. The van der Waals surface area contributed by atoms with E-state index in [4.69, 9.17) is 16.3 Å². The third-order valence-corrected chi connectivity index (χ3v) is 4.48. The first kappa shape index (κ1) is 18.0. The summed E-state index contributed by atoms with van der Waals surface area (Å²) in [5.41, 5.74) is 4.61. The second-order valence-electron chi connectivity index (χ2n) is 6.35. The van der Waals surface area contributed by atoms with Gasteiger partial charge in [-0.25, -0.2) is 14.8 Å². The SMILES string of the molecule is Cc1cnc2nc(-c3cc(NC(=O)OCc4ccccc4)ccc3Cl)[nH]c2c1. The molecule has 0 aliphatic carbocycles. The van der Waals surface area contributed by atoms with Crippen LogP contribution in [0.5, 0.6) is 0 Å². The van der Waals surface area contributed by atoms with E-state index in [1.165, 1.54) is 0 Å². The summed E-state index contributed by atoms with van der Waals surface area (Å²) in [6, 6.07) is 16.6. The van der Waals surface area contributed by atoms with Crippen molar-refractivity contribution in [3.05, 3.63) is 76.9 Å². The number of carbonyl (C=O) groups excluding carboxylic acids is 1. The number of aromatic amines is 1. The molecular formula is C21H17ClN4O2. The average molecular weight is 393 g/mol. The fourth-order valence-corrected chi connectivity index (χ4v) is 3.00. The zero-order valence-corrected chi connectivity index (χ0v) is 15.8. The van der Waals surface area contributed by atoms with Gasteiger partial charge < -0.3 is 9.72 Å². The highest BCUT2D eigenvalue weighted by Crippen LogP contribution is 2.30. The summed E-state index contributed by atoms with van der Waals surface area (Å²) in [4.78, 5) is 24.1. The highest BCUT2D eigenvalue weighted by atomic mass is 35.5. The number of anilines is 1. The van der Waals surface area contributed by atoms with Gasteiger partial charge in [0.2, 0.25) is 0 Å². The van der Waals surface area contributed by atoms with Crippen molar-refractivity contribution in [1.29, 1.82) is 0 Å². The maximum atomic E-state index is 12.1. The summed E-state index contributed by atoms with van der Waals surface area (Å²) < 4.78 is 5.25. The third-order valence-electron chi connectivity index (χ3n) is 4.15. The van der Waals surface area contributed by atoms with Crippen LogP contribution in [-0.4, -0.2) is 21.0 Å². The molecule has 0 unspecified atom stereocenters. The Morgan fingerprint density at radius 1 is 1.18 bits per heavy atom. The van der Waals surface area contributed by atoms with E-state index in [2.05, 4.69) is 20.3 Å². The molecule has 2 aromatic carbocycles. The molecule has 0 saturated heterocycles. The van der Waals surface area contributed by atoms with Crippen LogP contribution in [0.4, 0.5) is 10.5 Å². The van der Waals surface area contributed by atoms with E-state index in [-0.39, 0.29) is 6.61 Å². The van der Waals surface area contributed by atoms with Crippen LogP contribution in [0.3, 0.4) is 0 Å². The number of hydrogen-bond donors (Lipinski definition) is 2. The smallest absolute Gasteiger partial charge is 0.411 e. The number of amides is 1. The number of pyridine rings is 1. The summed E-state index contributed by atoms with van der Waals surface area (Å²) in [6.45, 7) is 2.16. The number of ether oxygens (including phenoxy) is 1. The molecule has 4 rings (SSSR count). The second kappa shape index (κ2) is 7.70. The highest BCUT2D eigenvalue weighted by Gasteiger charge is 2.12. The van der Waals surface area contributed by atoms with Crippen molar-refractivity contribution in [2.45, 2.75) is 13.5 Å². The van der Waals surface area contributed by atoms with Gasteiger partial charge in [-0.3, -0.25) is 5.32 Å². The molecule has 2 heterocycles. The summed E-state index contributed by atoms with van der Waals surface area (Å²) in [5.74, 6) is 0.583. The van der Waals surface area contributed by atoms with Crippen LogP contribution in [0.1, 0.15) is 11.1 Å². The number of aromatic nitrogens is 3. The Kier molecular flexibility index (Phi) is 4.95. The first-order chi connectivity index (χ1) is 13.6. The van der Waals surface area contributed by atoms with Gasteiger partial charge in [0, 0.05) is 17.4 Å². The zero-order valence-electron chi connectivity index (χ0n) is 15.1. The largest absolute Gasteiger partial charge is 0.444 e. The van der Waals surface area contributed by atoms with Gasteiger partial charge in [0.15, 0.2) is 5.65 Å². The fraction of sp³-hybridized carbons (Fsp3) is 0.0952. The molecule has 140 valence electrons. The minimum Gasteiger partial charge on any atom is -0.444 e. The van der Waals surface area contributed by atoms with Crippen molar-refractivity contribution in [2.24, 2.45) is 0 Å². The number of fused-ring (bicyclic) bond motifs is 1. The van der Waals surface area contributed by atoms with Crippen LogP contribution in [0.2, 0.25) is 5.02 Å². The summed E-state index contributed by atoms with van der Waals surface area (Å²) in [6.07, 6.45) is 1.22. The summed E-state index contributed by atoms with van der Waals surface area (Å²) in [5, 5.41) is 3.23. The number of H-pyrrole nitrogens is 1. The Morgan fingerprint density at radius 3 is 2.82 bits per heavy atom. The monoisotopic (exact) mass is 392 g/mol. The normalized spacial score (nSPS) is 10.8. The topological polar surface area (TPSA) is 79.9 Å². The molecule has 0 fully saturated rings. The van der Waals surface area contributed by atoms with E-state index in [0.29, 0.717) is 27.7 Å². The lowest BCUT2D eigenvalue weighted by atomic mass is 10.2. The number of nitrogens with zero attached hydrogens (tertiary/aromatic N) is 2. The summed E-state index contributed by atoms with van der Waals surface area (Å²) >= 11 is 6.34. The number of hydrogen-bond acceptors (Lipinski definition) is 4. The Labute approximate surface area is 166 Å². The van der Waals surface area contributed by atoms with E-state index >= 15 is 0 Å². The van der Waals surface area contributed by atoms with Crippen molar-refractivity contribution < 1.29 is 9.53 Å². The number of aryl methyl sites for hydroxylation is 1. The molecule has 0 aliphatic heterocycles. The molecular weight excluding hydrogens is 376 g/mol. The van der Waals surface area contributed by atoms with Crippen LogP contribution in [0.15, 0.2) is 60.8 Å². The lowest BCUT2D eigenvalue weighted by molar-refractivity contribution is 0.155. The minimum atomic E-state index is -0.543. The van der Waals surface area contributed by atoms with Crippen molar-refractivity contribution in [2.75, 3.05) is 5.32 Å². The van der Waals surface area contributed by atoms with E-state index in [1.807, 2.05) is 43.3 Å². The second-order valence-corrected chi connectivity index (χ2v) is 6.76. The number of benzene rings is 2. The lowest BCUT2D eigenvalue weighted by Crippen LogP contribution is -2.13. The molecule has 6 nitrogen and oxygen atoms in total. The maximum Gasteiger partial charge on any atom is 0.411 e. The number of imidazole rings is 1. The lowest BCUT2D eigenvalue weighted by Gasteiger charge is -2.09. The van der Waals surface area contributed by atoms with E-state index in [0.717, 1.165) is 16.6 Å². The molecule has 28 heavy (non-hydrogen) atoms. The van der Waals surface area contributed by atoms with Gasteiger partial charge in [-0.2, -0.15) is 0 Å². The number of carbonyl (C=O) groups is 1. The molecule has 0 radical (unpaired) electrons. The molecule has 0 saturated carbocycles. The number of halogens is 1. The van der Waals surface area contributed by atoms with Crippen molar-refractivity contribution in [3.63, 3.8) is 0 Å². The molecule has 0 aliphatic rings. The number of nitrogens with one attached hydrogen (secondary N) is 2. The molecule has 0 bridgehead atoms. The quantitative estimate of drug-likeness (QED) is 0.491. The predicted molar refractivity (Wildman–Crippen MR) is 109 cm³/mol. The Balaban J connectivity index is 1.52. The zero-order chi connectivity index (χ0) is 19.5. The van der Waals surface area contributed by atoms with Gasteiger partial charge in [-0.15, -0.1) is 0 Å². The number of rotatable bonds is 4. The maximum absolute atomic E-state index is 12.1. The molecule has 2 N–H and O–H groups in total. The van der Waals surface area contributed by atoms with E-state index in [9.17, 15) is 4.79 Å². The fourth-order valence-electron chi connectivity index (χ4n) is 2.79. The van der Waals surface area contributed by atoms with Crippen LogP contribution in [-0.2, 0) is 11.3 Å². The first-order valence-corrected chi connectivity index (χ1v) is 9.06. The third kappa shape index (κ3) is 3.97. The molecule has 1 amide bonds. The highest BCUT2D eigenvalue weighted by molar-refractivity contribution is 6.33. The Bertz CT molecular complexity index is 1140. The van der Waals surface area contributed by atoms with Crippen molar-refractivity contribution in [1.82, 2.24) is 15.0 Å². The molecule has 0 atom stereocenters. The molecule has 4 aromatic rings. The van der Waals surface area contributed by atoms with Crippen LogP contribution < -0.4 is 5.32 Å². The van der Waals surface area contributed by atoms with Gasteiger partial charge in [0.1, 0.15) is 12.4 Å². The summed E-state index contributed by atoms with van der Waals surface area (Å²) in [7, 11) is 0. The molecule has 0 spiro atoms. The standard InChI is InChI=1S/C21H17ClN4O2/c1-13-9-18-20(23-11-13)26-19(25-18)16-10-15(7-8-17(16)22)24-21(27)28-12-14-5-3-2-4-6-14/h2-11H,12H2,1H3,(H,24,27)(H,23,25,26). The van der Waals surface area contributed by atoms with Crippen LogP contribution >= 0.6 is 11.6 Å². The van der Waals surface area contributed by atoms with Gasteiger partial charge in [-0.05, 0) is 42.3 Å². The van der Waals surface area contributed by atoms with Gasteiger partial charge in [0.25, 0.3) is 0 Å². The van der Waals surface area contributed by atoms with E-state index < -0.39 is 6.09 Å². The Morgan fingerprint density at radius 2 is 2.00 bits per heavy atom. The Hall–Kier alpha value is -3.38. The predicted octanol–water partition coefficient (Wildman–Crippen LogP) is 5.34. The minimum absolute atomic E-state index is 0.196. The average Bonchev–Trinajstić information content (AvgIpc) is 3.11. The molecule has 7 heteroatoms. The van der Waals surface area contributed by atoms with Gasteiger partial charge in [-0.1, -0.05) is 41.9 Å². The van der Waals surface area contributed by atoms with Gasteiger partial charge >= 0.3 is 6.09 Å². The van der Waals surface area contributed by atoms with Gasteiger partial charge in [0.05, 0.1) is 10.5 Å². The van der Waals surface area contributed by atoms with Crippen molar-refractivity contribution in [3.8, 4) is 11.4 Å².